The van der Waals surface area contributed by atoms with Crippen molar-refractivity contribution in [3.8, 4) is 0 Å². The maximum atomic E-state index is 11.9. The number of carboxylic acid groups (broad SMARTS) is 1. The van der Waals surface area contributed by atoms with Crippen molar-refractivity contribution in [1.82, 2.24) is 9.97 Å². The van der Waals surface area contributed by atoms with E-state index in [0.29, 0.717) is 31.3 Å². The van der Waals surface area contributed by atoms with Gasteiger partial charge in [0.1, 0.15) is 5.41 Å². The summed E-state index contributed by atoms with van der Waals surface area (Å²) in [5.41, 5.74) is -0.0325. The van der Waals surface area contributed by atoms with Crippen molar-refractivity contribution in [1.29, 1.82) is 0 Å². The van der Waals surface area contributed by atoms with Gasteiger partial charge < -0.3 is 15.1 Å². The van der Waals surface area contributed by atoms with Crippen LogP contribution in [0.4, 0.5) is 5.95 Å². The molecule has 2 heterocycles. The van der Waals surface area contributed by atoms with Crippen molar-refractivity contribution < 1.29 is 15.0 Å². The number of anilines is 1. The minimum Gasteiger partial charge on any atom is -0.481 e. The van der Waals surface area contributed by atoms with Gasteiger partial charge in [-0.2, -0.15) is 0 Å². The van der Waals surface area contributed by atoms with Crippen LogP contribution in [0.5, 0.6) is 0 Å². The Kier molecular flexibility index (Phi) is 4.04. The number of aliphatic hydroxyl groups is 1. The predicted octanol–water partition coefficient (Wildman–Crippen LogP) is 1.48. The molecule has 1 saturated heterocycles. The van der Waals surface area contributed by atoms with Crippen LogP contribution in [0.25, 0.3) is 0 Å². The van der Waals surface area contributed by atoms with E-state index < -0.39 is 17.5 Å². The van der Waals surface area contributed by atoms with Crippen molar-refractivity contribution >= 4 is 11.9 Å². The zero-order chi connectivity index (χ0) is 15.7. The second kappa shape index (κ2) is 5.83. The molecule has 1 saturated carbocycles. The standard InChI is InChI=1S/C16H23N3O3/c1-2-11-8-17-15(18-9-11)19-6-5-13(20)16(10-19,14(21)22)7-12-3-4-12/h8-9,12-13,20H,2-7,10H2,1H3,(H,21,22)/t13-,16-/m0/s1. The van der Waals surface area contributed by atoms with E-state index in [2.05, 4.69) is 9.97 Å². The van der Waals surface area contributed by atoms with Gasteiger partial charge in [0.2, 0.25) is 5.95 Å². The van der Waals surface area contributed by atoms with Crippen molar-refractivity contribution in [2.24, 2.45) is 11.3 Å². The molecule has 120 valence electrons. The first-order chi connectivity index (χ1) is 10.5. The average Bonchev–Trinajstić information content (AvgIpc) is 3.33. The van der Waals surface area contributed by atoms with Crippen LogP contribution in [-0.2, 0) is 11.2 Å². The van der Waals surface area contributed by atoms with Crippen molar-refractivity contribution in [2.45, 2.75) is 45.1 Å². The number of rotatable bonds is 5. The van der Waals surface area contributed by atoms with E-state index in [1.165, 1.54) is 0 Å². The molecule has 2 fully saturated rings. The Balaban J connectivity index is 1.82. The van der Waals surface area contributed by atoms with Crippen LogP contribution in [-0.4, -0.2) is 45.3 Å². The summed E-state index contributed by atoms with van der Waals surface area (Å²) < 4.78 is 0. The Hall–Kier alpha value is -1.69. The molecular weight excluding hydrogens is 282 g/mol. The number of hydrogen-bond donors (Lipinski definition) is 2. The summed E-state index contributed by atoms with van der Waals surface area (Å²) in [6.45, 7) is 2.92. The summed E-state index contributed by atoms with van der Waals surface area (Å²) in [4.78, 5) is 22.5. The maximum Gasteiger partial charge on any atom is 0.314 e. The number of aryl methyl sites for hydroxylation is 1. The third-order valence-electron chi connectivity index (χ3n) is 4.94. The summed E-state index contributed by atoms with van der Waals surface area (Å²) >= 11 is 0. The smallest absolute Gasteiger partial charge is 0.314 e. The molecule has 1 aromatic heterocycles. The van der Waals surface area contributed by atoms with Gasteiger partial charge in [-0.15, -0.1) is 0 Å². The molecule has 1 aliphatic heterocycles. The summed E-state index contributed by atoms with van der Waals surface area (Å²) in [5, 5.41) is 20.1. The number of carboxylic acids is 1. The minimum atomic E-state index is -1.09. The Labute approximate surface area is 130 Å². The third-order valence-corrected chi connectivity index (χ3v) is 4.94. The zero-order valence-corrected chi connectivity index (χ0v) is 12.9. The molecule has 2 aliphatic rings. The molecule has 0 radical (unpaired) electrons. The van der Waals surface area contributed by atoms with E-state index in [0.717, 1.165) is 24.8 Å². The fourth-order valence-electron chi connectivity index (χ4n) is 3.28. The fourth-order valence-corrected chi connectivity index (χ4v) is 3.28. The lowest BCUT2D eigenvalue weighted by Gasteiger charge is -2.43. The fraction of sp³-hybridized carbons (Fsp3) is 0.688. The molecule has 6 heteroatoms. The molecule has 22 heavy (non-hydrogen) atoms. The Morgan fingerprint density at radius 2 is 2.05 bits per heavy atom. The van der Waals surface area contributed by atoms with E-state index in [1.807, 2.05) is 11.8 Å². The second-order valence-electron chi connectivity index (χ2n) is 6.58. The van der Waals surface area contributed by atoms with Crippen molar-refractivity contribution in [3.63, 3.8) is 0 Å². The van der Waals surface area contributed by atoms with Crippen LogP contribution in [0.15, 0.2) is 12.4 Å². The lowest BCUT2D eigenvalue weighted by atomic mass is 9.73. The van der Waals surface area contributed by atoms with Crippen molar-refractivity contribution in [2.75, 3.05) is 18.0 Å². The largest absolute Gasteiger partial charge is 0.481 e. The molecule has 0 bridgehead atoms. The molecular formula is C16H23N3O3. The monoisotopic (exact) mass is 305 g/mol. The predicted molar refractivity (Wildman–Crippen MR) is 81.7 cm³/mol. The molecule has 0 unspecified atom stereocenters. The molecule has 2 N–H and O–H groups in total. The molecule has 0 amide bonds. The molecule has 2 atom stereocenters. The van der Waals surface area contributed by atoms with Crippen LogP contribution < -0.4 is 4.90 Å². The summed E-state index contributed by atoms with van der Waals surface area (Å²) in [6, 6.07) is 0. The van der Waals surface area contributed by atoms with Crippen LogP contribution in [0.1, 0.15) is 38.2 Å². The van der Waals surface area contributed by atoms with Gasteiger partial charge >= 0.3 is 5.97 Å². The van der Waals surface area contributed by atoms with Gasteiger partial charge in [0, 0.05) is 25.5 Å². The van der Waals surface area contributed by atoms with Gasteiger partial charge in [0.15, 0.2) is 0 Å². The first-order valence-electron chi connectivity index (χ1n) is 8.02. The Morgan fingerprint density at radius 3 is 2.59 bits per heavy atom. The molecule has 0 spiro atoms. The highest BCUT2D eigenvalue weighted by molar-refractivity contribution is 5.77. The van der Waals surface area contributed by atoms with Crippen LogP contribution in [0, 0.1) is 11.3 Å². The second-order valence-corrected chi connectivity index (χ2v) is 6.58. The summed E-state index contributed by atoms with van der Waals surface area (Å²) in [5.74, 6) is 0.0985. The number of aliphatic hydroxyl groups excluding tert-OH is 1. The van der Waals surface area contributed by atoms with Crippen LogP contribution in [0.3, 0.4) is 0 Å². The zero-order valence-electron chi connectivity index (χ0n) is 12.9. The van der Waals surface area contributed by atoms with Gasteiger partial charge in [-0.05, 0) is 30.7 Å². The highest BCUT2D eigenvalue weighted by Crippen LogP contribution is 2.45. The van der Waals surface area contributed by atoms with Gasteiger partial charge in [-0.3, -0.25) is 4.79 Å². The molecule has 1 aromatic rings. The number of piperidine rings is 1. The Bertz CT molecular complexity index is 544. The van der Waals surface area contributed by atoms with Gasteiger partial charge in [0.25, 0.3) is 0 Å². The molecule has 3 rings (SSSR count). The van der Waals surface area contributed by atoms with Crippen LogP contribution >= 0.6 is 0 Å². The highest BCUT2D eigenvalue weighted by Gasteiger charge is 2.52. The normalized spacial score (nSPS) is 28.6. The van der Waals surface area contributed by atoms with Crippen LogP contribution in [0.2, 0.25) is 0 Å². The molecule has 6 nitrogen and oxygen atoms in total. The highest BCUT2D eigenvalue weighted by atomic mass is 16.4. The minimum absolute atomic E-state index is 0.283. The van der Waals surface area contributed by atoms with Crippen molar-refractivity contribution in [3.05, 3.63) is 18.0 Å². The van der Waals surface area contributed by atoms with Gasteiger partial charge in [-0.1, -0.05) is 19.8 Å². The molecule has 0 aromatic carbocycles. The van der Waals surface area contributed by atoms with E-state index >= 15 is 0 Å². The molecule has 1 aliphatic carbocycles. The third kappa shape index (κ3) is 2.79. The quantitative estimate of drug-likeness (QED) is 0.857. The van der Waals surface area contributed by atoms with E-state index in [9.17, 15) is 15.0 Å². The van der Waals surface area contributed by atoms with E-state index in [1.54, 1.807) is 12.4 Å². The first-order valence-corrected chi connectivity index (χ1v) is 8.02. The number of hydrogen-bond acceptors (Lipinski definition) is 5. The summed E-state index contributed by atoms with van der Waals surface area (Å²) in [6.07, 6.45) is 6.79. The number of nitrogens with zero attached hydrogens (tertiary/aromatic N) is 3. The summed E-state index contributed by atoms with van der Waals surface area (Å²) in [7, 11) is 0. The van der Waals surface area contributed by atoms with Gasteiger partial charge in [-0.25, -0.2) is 9.97 Å². The van der Waals surface area contributed by atoms with Gasteiger partial charge in [0.05, 0.1) is 6.10 Å². The first kappa shape index (κ1) is 15.2. The lowest BCUT2D eigenvalue weighted by Crippen LogP contribution is -2.56. The SMILES string of the molecule is CCc1cnc(N2CC[C@H](O)[C@@](CC3CC3)(C(=O)O)C2)nc1. The number of aliphatic carboxylic acids is 1. The number of carbonyl (C=O) groups is 1. The van der Waals surface area contributed by atoms with E-state index in [4.69, 9.17) is 0 Å². The maximum absolute atomic E-state index is 11.9. The average molecular weight is 305 g/mol. The lowest BCUT2D eigenvalue weighted by molar-refractivity contribution is -0.158. The Morgan fingerprint density at radius 1 is 1.36 bits per heavy atom. The topological polar surface area (TPSA) is 86.5 Å². The van der Waals surface area contributed by atoms with E-state index in [-0.39, 0.29) is 6.54 Å². The number of aromatic nitrogens is 2.